The van der Waals surface area contributed by atoms with Crippen LogP contribution in [0.2, 0.25) is 0 Å². The molecule has 3 rings (SSSR count). The third kappa shape index (κ3) is 4.72. The summed E-state index contributed by atoms with van der Waals surface area (Å²) >= 11 is 1.51. The van der Waals surface area contributed by atoms with E-state index in [2.05, 4.69) is 23.5 Å². The summed E-state index contributed by atoms with van der Waals surface area (Å²) in [7, 11) is -0.544. The highest BCUT2D eigenvalue weighted by Crippen LogP contribution is 2.27. The molecule has 0 radical (unpaired) electrons. The fourth-order valence-corrected chi connectivity index (χ4v) is 5.04. The van der Waals surface area contributed by atoms with Crippen LogP contribution in [-0.2, 0) is 34.2 Å². The van der Waals surface area contributed by atoms with Gasteiger partial charge in [0.15, 0.2) is 0 Å². The summed E-state index contributed by atoms with van der Waals surface area (Å²) in [6.07, 6.45) is 3.47. The lowest BCUT2D eigenvalue weighted by atomic mass is 10.1. The van der Waals surface area contributed by atoms with Gasteiger partial charge in [0.25, 0.3) is 0 Å². The number of amides is 1. The molecular weight excluding hydrogens is 380 g/mol. The predicted octanol–water partition coefficient (Wildman–Crippen LogP) is 2.83. The van der Waals surface area contributed by atoms with Gasteiger partial charge in [0.2, 0.25) is 15.9 Å². The van der Waals surface area contributed by atoms with Gasteiger partial charge >= 0.3 is 0 Å². The maximum atomic E-state index is 12.4. The van der Waals surface area contributed by atoms with Crippen LogP contribution >= 0.6 is 11.8 Å². The highest BCUT2D eigenvalue weighted by atomic mass is 32.2. The van der Waals surface area contributed by atoms with Gasteiger partial charge in [0, 0.05) is 25.5 Å². The molecule has 5 nitrogen and oxygen atoms in total. The smallest absolute Gasteiger partial charge is 0.242 e. The van der Waals surface area contributed by atoms with Crippen LogP contribution in [0.1, 0.15) is 23.1 Å². The van der Waals surface area contributed by atoms with Crippen LogP contribution in [0.5, 0.6) is 0 Å². The normalized spacial score (nSPS) is 13.6. The minimum Gasteiger partial charge on any atom is -0.351 e. The lowest BCUT2D eigenvalue weighted by Crippen LogP contribution is -2.27. The first-order valence-electron chi connectivity index (χ1n) is 8.89. The molecule has 27 heavy (non-hydrogen) atoms. The summed E-state index contributed by atoms with van der Waals surface area (Å²) in [5, 5.41) is 2.83. The van der Waals surface area contributed by atoms with Crippen LogP contribution in [0, 0.1) is 0 Å². The van der Waals surface area contributed by atoms with Gasteiger partial charge in [-0.1, -0.05) is 24.3 Å². The van der Waals surface area contributed by atoms with E-state index in [4.69, 9.17) is 0 Å². The van der Waals surface area contributed by atoms with Crippen molar-refractivity contribution in [2.45, 2.75) is 35.6 Å². The second-order valence-electron chi connectivity index (χ2n) is 6.74. The summed E-state index contributed by atoms with van der Waals surface area (Å²) in [6, 6.07) is 13.2. The fourth-order valence-electron chi connectivity index (χ4n) is 3.13. The van der Waals surface area contributed by atoms with Crippen LogP contribution < -0.4 is 5.32 Å². The Bertz CT molecular complexity index is 940. The van der Waals surface area contributed by atoms with E-state index < -0.39 is 10.0 Å². The molecule has 0 fully saturated rings. The number of hydrogen-bond acceptors (Lipinski definition) is 4. The van der Waals surface area contributed by atoms with Crippen molar-refractivity contribution in [3.8, 4) is 0 Å². The number of aryl methyl sites for hydroxylation is 2. The molecule has 2 aromatic carbocycles. The van der Waals surface area contributed by atoms with Crippen molar-refractivity contribution in [1.29, 1.82) is 0 Å². The third-order valence-electron chi connectivity index (χ3n) is 4.65. The first kappa shape index (κ1) is 19.9. The molecule has 0 saturated heterocycles. The molecule has 7 heteroatoms. The van der Waals surface area contributed by atoms with Gasteiger partial charge in [-0.2, -0.15) is 0 Å². The van der Waals surface area contributed by atoms with Gasteiger partial charge in [-0.15, -0.1) is 11.8 Å². The van der Waals surface area contributed by atoms with Crippen molar-refractivity contribution in [3.05, 3.63) is 59.2 Å². The van der Waals surface area contributed by atoms with Gasteiger partial charge < -0.3 is 5.32 Å². The molecule has 0 aromatic heterocycles. The zero-order valence-electron chi connectivity index (χ0n) is 15.6. The molecule has 0 atom stereocenters. The number of nitrogens with zero attached hydrogens (tertiary/aromatic N) is 1. The number of benzene rings is 2. The third-order valence-corrected chi connectivity index (χ3v) is 7.56. The topological polar surface area (TPSA) is 66.5 Å². The molecule has 0 bridgehead atoms. The molecule has 0 saturated carbocycles. The summed E-state index contributed by atoms with van der Waals surface area (Å²) in [4.78, 5) is 13.5. The molecule has 1 aliphatic carbocycles. The molecule has 1 amide bonds. The number of nitrogens with one attached hydrogen (secondary N) is 1. The zero-order chi connectivity index (χ0) is 19.4. The van der Waals surface area contributed by atoms with Crippen LogP contribution in [0.3, 0.4) is 0 Å². The van der Waals surface area contributed by atoms with E-state index in [-0.39, 0.29) is 17.3 Å². The standard InChI is InChI=1S/C20H24N2O3S2/c1-22(2)27(24,25)19-9-4-3-6-17(19)13-21-20(23)14-26-18-11-10-15-7-5-8-16(15)12-18/h3-4,6,9-12H,5,7-8,13-14H2,1-2H3,(H,21,23). The molecule has 1 aliphatic rings. The first-order chi connectivity index (χ1) is 12.9. The Morgan fingerprint density at radius 2 is 1.85 bits per heavy atom. The number of sulfonamides is 1. The number of carbonyl (C=O) groups is 1. The van der Waals surface area contributed by atoms with Crippen LogP contribution in [0.15, 0.2) is 52.3 Å². The lowest BCUT2D eigenvalue weighted by Gasteiger charge is -2.15. The fraction of sp³-hybridized carbons (Fsp3) is 0.350. The monoisotopic (exact) mass is 404 g/mol. The van der Waals surface area contributed by atoms with Gasteiger partial charge in [0.05, 0.1) is 10.6 Å². The Hall–Kier alpha value is -1.83. The molecule has 1 N–H and O–H groups in total. The van der Waals surface area contributed by atoms with Crippen molar-refractivity contribution in [3.63, 3.8) is 0 Å². The van der Waals surface area contributed by atoms with Gasteiger partial charge in [-0.3, -0.25) is 4.79 Å². The average molecular weight is 405 g/mol. The van der Waals surface area contributed by atoms with Gasteiger partial charge in [-0.25, -0.2) is 12.7 Å². The lowest BCUT2D eigenvalue weighted by molar-refractivity contribution is -0.118. The number of carbonyl (C=O) groups excluding carboxylic acids is 1. The Morgan fingerprint density at radius 1 is 1.11 bits per heavy atom. The Kier molecular flexibility index (Phi) is 6.24. The molecule has 2 aromatic rings. The largest absolute Gasteiger partial charge is 0.351 e. The van der Waals surface area contributed by atoms with E-state index in [1.54, 1.807) is 24.3 Å². The van der Waals surface area contributed by atoms with Crippen LogP contribution in [-0.4, -0.2) is 38.5 Å². The van der Waals surface area contributed by atoms with E-state index in [0.29, 0.717) is 11.3 Å². The van der Waals surface area contributed by atoms with E-state index >= 15 is 0 Å². The number of fused-ring (bicyclic) bond motifs is 1. The Balaban J connectivity index is 1.58. The summed E-state index contributed by atoms with van der Waals surface area (Å²) in [5.74, 6) is 0.194. The molecular formula is C20H24N2O3S2. The van der Waals surface area contributed by atoms with Crippen LogP contribution in [0.25, 0.3) is 0 Å². The number of rotatable bonds is 7. The van der Waals surface area contributed by atoms with Gasteiger partial charge in [0.1, 0.15) is 0 Å². The first-order valence-corrected chi connectivity index (χ1v) is 11.3. The van der Waals surface area contributed by atoms with Crippen molar-refractivity contribution in [2.75, 3.05) is 19.8 Å². The van der Waals surface area contributed by atoms with Crippen molar-refractivity contribution >= 4 is 27.7 Å². The van der Waals surface area contributed by atoms with Gasteiger partial charge in [-0.05, 0) is 54.2 Å². The molecule has 0 heterocycles. The summed E-state index contributed by atoms with van der Waals surface area (Å²) < 4.78 is 26.0. The van der Waals surface area contributed by atoms with Crippen LogP contribution in [0.4, 0.5) is 0 Å². The number of hydrogen-bond donors (Lipinski definition) is 1. The second-order valence-corrected chi connectivity index (χ2v) is 9.91. The Labute approximate surface area is 165 Å². The molecule has 0 aliphatic heterocycles. The molecule has 0 spiro atoms. The number of thioether (sulfide) groups is 1. The Morgan fingerprint density at radius 3 is 2.63 bits per heavy atom. The quantitative estimate of drug-likeness (QED) is 0.721. The maximum absolute atomic E-state index is 12.4. The second kappa shape index (κ2) is 8.46. The predicted molar refractivity (Wildman–Crippen MR) is 108 cm³/mol. The highest BCUT2D eigenvalue weighted by molar-refractivity contribution is 8.00. The maximum Gasteiger partial charge on any atom is 0.242 e. The van der Waals surface area contributed by atoms with E-state index in [1.165, 1.54) is 47.7 Å². The van der Waals surface area contributed by atoms with E-state index in [9.17, 15) is 13.2 Å². The van der Waals surface area contributed by atoms with Crippen molar-refractivity contribution in [1.82, 2.24) is 9.62 Å². The minimum absolute atomic E-state index is 0.113. The molecule has 144 valence electrons. The van der Waals surface area contributed by atoms with Crippen molar-refractivity contribution in [2.24, 2.45) is 0 Å². The summed E-state index contributed by atoms with van der Waals surface area (Å²) in [5.41, 5.74) is 3.40. The van der Waals surface area contributed by atoms with E-state index in [1.807, 2.05) is 0 Å². The van der Waals surface area contributed by atoms with E-state index in [0.717, 1.165) is 17.7 Å². The van der Waals surface area contributed by atoms with Crippen molar-refractivity contribution < 1.29 is 13.2 Å². The summed E-state index contributed by atoms with van der Waals surface area (Å²) in [6.45, 7) is 0.187. The zero-order valence-corrected chi connectivity index (χ0v) is 17.2. The minimum atomic E-state index is -3.54. The highest BCUT2D eigenvalue weighted by Gasteiger charge is 2.20. The molecule has 0 unspecified atom stereocenters. The average Bonchev–Trinajstić information content (AvgIpc) is 3.12. The SMILES string of the molecule is CN(C)S(=O)(=O)c1ccccc1CNC(=O)CSc1ccc2c(c1)CCC2.